The third kappa shape index (κ3) is 4.80. The number of hydrogen-bond acceptors (Lipinski definition) is 7. The molecule has 0 radical (unpaired) electrons. The molecule has 12 heteroatoms. The monoisotopic (exact) mass is 532 g/mol. The molecule has 0 aliphatic carbocycles. The van der Waals surface area contributed by atoms with Crippen LogP contribution in [0.5, 0.6) is 5.75 Å². The molecule has 2 N–H and O–H groups in total. The lowest BCUT2D eigenvalue weighted by molar-refractivity contribution is 0.0981. The van der Waals surface area contributed by atoms with Crippen molar-refractivity contribution >= 4 is 21.7 Å². The molecule has 9 nitrogen and oxygen atoms in total. The van der Waals surface area contributed by atoms with Gasteiger partial charge >= 0.3 is 0 Å². The van der Waals surface area contributed by atoms with Gasteiger partial charge in [0.15, 0.2) is 16.5 Å². The number of aromatic nitrogens is 2. The molecule has 1 saturated heterocycles. The fourth-order valence-electron chi connectivity index (χ4n) is 4.32. The van der Waals surface area contributed by atoms with Gasteiger partial charge in [-0.15, -0.1) is 0 Å². The number of anilines is 1. The number of halogens is 2. The molecule has 4 rings (SSSR count). The van der Waals surface area contributed by atoms with Crippen LogP contribution in [0.15, 0.2) is 52.3 Å². The van der Waals surface area contributed by atoms with E-state index < -0.39 is 43.6 Å². The van der Waals surface area contributed by atoms with E-state index in [0.29, 0.717) is 6.54 Å². The molecule has 0 spiro atoms. The molecule has 1 atom stereocenters. The zero-order valence-electron chi connectivity index (χ0n) is 20.6. The standard InChI is InChI=1S/C25H26F2N4O5S/c1-14-9-11-31(25(14,2)3)22-15(23(32)30-37(34,35)21-6-5-10-28-24(21)33)7-8-19(29-22)16-12-18(27)20(36-4)13-17(16)26/h5-8,10,12-14H,9,11H2,1-4H3,(H,28,33)(H,30,32). The molecule has 0 bridgehead atoms. The van der Waals surface area contributed by atoms with Crippen molar-refractivity contribution in [1.82, 2.24) is 14.7 Å². The number of amides is 1. The lowest BCUT2D eigenvalue weighted by atomic mass is 9.90. The normalized spacial score (nSPS) is 17.0. The Hall–Kier alpha value is -3.80. The smallest absolute Gasteiger partial charge is 0.269 e. The Morgan fingerprint density at radius 1 is 1.22 bits per heavy atom. The van der Waals surface area contributed by atoms with E-state index in [4.69, 9.17) is 4.74 Å². The van der Waals surface area contributed by atoms with Crippen LogP contribution in [0.2, 0.25) is 0 Å². The van der Waals surface area contributed by atoms with Crippen molar-refractivity contribution in [3.8, 4) is 17.0 Å². The predicted molar refractivity (Wildman–Crippen MR) is 133 cm³/mol. The molecule has 1 unspecified atom stereocenters. The molecule has 1 aliphatic rings. The largest absolute Gasteiger partial charge is 0.494 e. The van der Waals surface area contributed by atoms with E-state index in [9.17, 15) is 26.8 Å². The van der Waals surface area contributed by atoms with Crippen LogP contribution in [-0.2, 0) is 10.0 Å². The quantitative estimate of drug-likeness (QED) is 0.499. The van der Waals surface area contributed by atoms with Crippen LogP contribution in [0.1, 0.15) is 37.6 Å². The number of rotatable bonds is 6. The fourth-order valence-corrected chi connectivity index (χ4v) is 5.35. The summed E-state index contributed by atoms with van der Waals surface area (Å²) in [6, 6.07) is 6.85. The molecule has 196 valence electrons. The van der Waals surface area contributed by atoms with E-state index in [-0.39, 0.29) is 34.3 Å². The van der Waals surface area contributed by atoms with E-state index in [1.807, 2.05) is 30.4 Å². The van der Waals surface area contributed by atoms with Crippen LogP contribution < -0.4 is 19.9 Å². The van der Waals surface area contributed by atoms with E-state index in [1.165, 1.54) is 31.5 Å². The summed E-state index contributed by atoms with van der Waals surface area (Å²) >= 11 is 0. The van der Waals surface area contributed by atoms with Gasteiger partial charge in [0.25, 0.3) is 21.5 Å². The van der Waals surface area contributed by atoms with Crippen LogP contribution in [0.4, 0.5) is 14.6 Å². The Morgan fingerprint density at radius 3 is 2.57 bits per heavy atom. The van der Waals surface area contributed by atoms with Gasteiger partial charge in [-0.1, -0.05) is 6.92 Å². The SMILES string of the molecule is COc1cc(F)c(-c2ccc(C(=O)NS(=O)(=O)c3ccc[nH]c3=O)c(N3CCC(C)C3(C)C)n2)cc1F. The van der Waals surface area contributed by atoms with Gasteiger partial charge < -0.3 is 14.6 Å². The van der Waals surface area contributed by atoms with Gasteiger partial charge in [-0.25, -0.2) is 26.9 Å². The first-order chi connectivity index (χ1) is 17.4. The second-order valence-corrected chi connectivity index (χ2v) is 11.0. The van der Waals surface area contributed by atoms with Gasteiger partial charge in [0.05, 0.1) is 18.4 Å². The number of aromatic amines is 1. The van der Waals surface area contributed by atoms with Crippen LogP contribution in [0.25, 0.3) is 11.3 Å². The van der Waals surface area contributed by atoms with E-state index in [1.54, 1.807) is 0 Å². The molecule has 37 heavy (non-hydrogen) atoms. The third-order valence-corrected chi connectivity index (χ3v) is 8.23. The van der Waals surface area contributed by atoms with Gasteiger partial charge in [0.2, 0.25) is 0 Å². The van der Waals surface area contributed by atoms with E-state index in [2.05, 4.69) is 9.97 Å². The summed E-state index contributed by atoms with van der Waals surface area (Å²) in [6.07, 6.45) is 2.03. The molecule has 1 amide bonds. The molecular weight excluding hydrogens is 506 g/mol. The predicted octanol–water partition coefficient (Wildman–Crippen LogP) is 3.47. The number of nitrogens with one attached hydrogen (secondary N) is 2. The number of nitrogens with zero attached hydrogens (tertiary/aromatic N) is 2. The maximum atomic E-state index is 14.8. The fraction of sp³-hybridized carbons (Fsp3) is 0.320. The number of H-pyrrole nitrogens is 1. The molecule has 1 aromatic carbocycles. The summed E-state index contributed by atoms with van der Waals surface area (Å²) < 4.78 is 61.6. The average Bonchev–Trinajstić information content (AvgIpc) is 3.11. The van der Waals surface area contributed by atoms with Crippen LogP contribution in [0.3, 0.4) is 0 Å². The van der Waals surface area contributed by atoms with Gasteiger partial charge in [-0.3, -0.25) is 9.59 Å². The van der Waals surface area contributed by atoms with Crippen molar-refractivity contribution < 1.29 is 26.7 Å². The van der Waals surface area contributed by atoms with Gasteiger partial charge in [0.1, 0.15) is 11.6 Å². The van der Waals surface area contributed by atoms with Crippen LogP contribution in [-0.4, -0.2) is 43.5 Å². The first kappa shape index (κ1) is 26.3. The van der Waals surface area contributed by atoms with Crippen molar-refractivity contribution in [3.63, 3.8) is 0 Å². The highest BCUT2D eigenvalue weighted by molar-refractivity contribution is 7.90. The summed E-state index contributed by atoms with van der Waals surface area (Å²) in [6.45, 7) is 6.44. The number of methoxy groups -OCH3 is 1. The minimum atomic E-state index is -4.51. The Labute approximate surface area is 212 Å². The summed E-state index contributed by atoms with van der Waals surface area (Å²) in [7, 11) is -3.30. The zero-order valence-corrected chi connectivity index (χ0v) is 21.4. The molecule has 1 fully saturated rings. The minimum Gasteiger partial charge on any atom is -0.494 e. The zero-order chi connectivity index (χ0) is 27.1. The van der Waals surface area contributed by atoms with Crippen LogP contribution >= 0.6 is 0 Å². The highest BCUT2D eigenvalue weighted by Gasteiger charge is 2.41. The number of carbonyl (C=O) groups is 1. The lowest BCUT2D eigenvalue weighted by Crippen LogP contribution is -2.44. The second-order valence-electron chi connectivity index (χ2n) is 9.33. The molecule has 3 aromatic rings. The average molecular weight is 533 g/mol. The van der Waals surface area contributed by atoms with Gasteiger partial charge in [-0.2, -0.15) is 0 Å². The Balaban J connectivity index is 1.83. The molecule has 2 aromatic heterocycles. The summed E-state index contributed by atoms with van der Waals surface area (Å²) in [5.41, 5.74) is -1.58. The molecule has 1 aliphatic heterocycles. The number of hydrogen-bond donors (Lipinski definition) is 2. The number of benzene rings is 1. The van der Waals surface area contributed by atoms with E-state index >= 15 is 0 Å². The van der Waals surface area contributed by atoms with Crippen molar-refractivity contribution in [3.05, 3.63) is 70.1 Å². The Kier molecular flexibility index (Phi) is 6.80. The molecular formula is C25H26F2N4O5S. The topological polar surface area (TPSA) is 121 Å². The number of carbonyl (C=O) groups excluding carboxylic acids is 1. The lowest BCUT2D eigenvalue weighted by Gasteiger charge is -2.36. The van der Waals surface area contributed by atoms with E-state index in [0.717, 1.165) is 24.6 Å². The van der Waals surface area contributed by atoms with Crippen molar-refractivity contribution in [2.45, 2.75) is 37.6 Å². The summed E-state index contributed by atoms with van der Waals surface area (Å²) in [5.74, 6) is -2.57. The van der Waals surface area contributed by atoms with Crippen LogP contribution in [0, 0.1) is 17.6 Å². The first-order valence-electron chi connectivity index (χ1n) is 11.4. The third-order valence-electron chi connectivity index (χ3n) is 6.88. The number of pyridine rings is 2. The molecule has 3 heterocycles. The first-order valence-corrected chi connectivity index (χ1v) is 12.9. The van der Waals surface area contributed by atoms with Gasteiger partial charge in [-0.05, 0) is 56.5 Å². The highest BCUT2D eigenvalue weighted by Crippen LogP contribution is 2.40. The minimum absolute atomic E-state index is 0.0447. The van der Waals surface area contributed by atoms with Crippen molar-refractivity contribution in [1.29, 1.82) is 0 Å². The Bertz CT molecular complexity index is 1540. The number of ether oxygens (including phenoxy) is 1. The second kappa shape index (κ2) is 9.58. The highest BCUT2D eigenvalue weighted by atomic mass is 32.2. The van der Waals surface area contributed by atoms with Crippen molar-refractivity contribution in [2.75, 3.05) is 18.6 Å². The van der Waals surface area contributed by atoms with Gasteiger partial charge in [0, 0.05) is 29.9 Å². The summed E-state index contributed by atoms with van der Waals surface area (Å²) in [4.78, 5) is 33.2. The maximum absolute atomic E-state index is 14.8. The Morgan fingerprint density at radius 2 is 1.95 bits per heavy atom. The molecule has 0 saturated carbocycles. The maximum Gasteiger partial charge on any atom is 0.269 e. The summed E-state index contributed by atoms with van der Waals surface area (Å²) in [5, 5.41) is 0. The van der Waals surface area contributed by atoms with Crippen molar-refractivity contribution in [2.24, 2.45) is 5.92 Å². The number of sulfonamides is 1.